The fraction of sp³-hybridized carbons (Fsp3) is 1.00. The Hall–Kier alpha value is -0.0400. The van der Waals surface area contributed by atoms with Crippen molar-refractivity contribution in [2.45, 2.75) is 65.3 Å². The van der Waals surface area contributed by atoms with Crippen LogP contribution >= 0.6 is 0 Å². The van der Waals surface area contributed by atoms with E-state index >= 15 is 0 Å². The lowest BCUT2D eigenvalue weighted by atomic mass is 9.74. The number of hydrogen-bond acceptors (Lipinski definition) is 1. The van der Waals surface area contributed by atoms with Gasteiger partial charge in [0.1, 0.15) is 0 Å². The van der Waals surface area contributed by atoms with E-state index in [2.05, 4.69) is 20.8 Å². The summed E-state index contributed by atoms with van der Waals surface area (Å²) < 4.78 is 0. The molecule has 1 aliphatic carbocycles. The molecule has 0 bridgehead atoms. The monoisotopic (exact) mass is 183 g/mol. The first-order chi connectivity index (χ1) is 6.03. The van der Waals surface area contributed by atoms with Crippen LogP contribution in [-0.2, 0) is 0 Å². The van der Waals surface area contributed by atoms with Gasteiger partial charge >= 0.3 is 0 Å². The van der Waals surface area contributed by atoms with Gasteiger partial charge in [0, 0.05) is 6.04 Å². The van der Waals surface area contributed by atoms with Crippen LogP contribution in [0.1, 0.15) is 59.3 Å². The molecule has 1 aliphatic rings. The topological polar surface area (TPSA) is 26.0 Å². The summed E-state index contributed by atoms with van der Waals surface area (Å²) >= 11 is 0. The van der Waals surface area contributed by atoms with E-state index in [9.17, 15) is 0 Å². The second-order valence-corrected chi connectivity index (χ2v) is 5.50. The highest BCUT2D eigenvalue weighted by Crippen LogP contribution is 2.35. The van der Waals surface area contributed by atoms with E-state index in [-0.39, 0.29) is 0 Å². The molecule has 0 aliphatic heterocycles. The molecule has 0 spiro atoms. The van der Waals surface area contributed by atoms with Crippen molar-refractivity contribution < 1.29 is 0 Å². The molecule has 0 unspecified atom stereocenters. The molecular formula is C12H25N. The van der Waals surface area contributed by atoms with Gasteiger partial charge in [0.25, 0.3) is 0 Å². The molecule has 0 atom stereocenters. The summed E-state index contributed by atoms with van der Waals surface area (Å²) in [6.45, 7) is 7.08. The first kappa shape index (κ1) is 11.0. The van der Waals surface area contributed by atoms with Gasteiger partial charge in [-0.1, -0.05) is 27.2 Å². The standard InChI is InChI=1S/C12H25N/c1-4-12(2,3)9-10-5-7-11(13)8-6-10/h10-11H,4-9,13H2,1-3H3/t10-,11+. The Kier molecular flexibility index (Phi) is 3.78. The second-order valence-electron chi connectivity index (χ2n) is 5.50. The molecule has 0 aromatic carbocycles. The Morgan fingerprint density at radius 1 is 1.15 bits per heavy atom. The Morgan fingerprint density at radius 2 is 1.69 bits per heavy atom. The maximum atomic E-state index is 5.89. The smallest absolute Gasteiger partial charge is 0.00390 e. The minimum absolute atomic E-state index is 0.501. The summed E-state index contributed by atoms with van der Waals surface area (Å²) in [7, 11) is 0. The Balaban J connectivity index is 2.30. The lowest BCUT2D eigenvalue weighted by Gasteiger charge is -2.32. The van der Waals surface area contributed by atoms with E-state index in [0.717, 1.165) is 5.92 Å². The van der Waals surface area contributed by atoms with Crippen LogP contribution < -0.4 is 5.73 Å². The van der Waals surface area contributed by atoms with Crippen molar-refractivity contribution >= 4 is 0 Å². The number of rotatable bonds is 3. The molecule has 0 aromatic heterocycles. The van der Waals surface area contributed by atoms with Gasteiger partial charge in [0.05, 0.1) is 0 Å². The summed E-state index contributed by atoms with van der Waals surface area (Å²) in [5.74, 6) is 0.953. The quantitative estimate of drug-likeness (QED) is 0.713. The number of hydrogen-bond donors (Lipinski definition) is 1. The molecule has 0 radical (unpaired) electrons. The summed E-state index contributed by atoms with van der Waals surface area (Å²) in [5.41, 5.74) is 6.44. The zero-order valence-corrected chi connectivity index (χ0v) is 9.47. The molecular weight excluding hydrogens is 158 g/mol. The summed E-state index contributed by atoms with van der Waals surface area (Å²) in [5, 5.41) is 0. The lowest BCUT2D eigenvalue weighted by molar-refractivity contribution is 0.207. The minimum Gasteiger partial charge on any atom is -0.328 e. The molecule has 1 rings (SSSR count). The predicted octanol–water partition coefficient (Wildman–Crippen LogP) is 3.33. The summed E-state index contributed by atoms with van der Waals surface area (Å²) in [6.07, 6.45) is 7.94. The molecule has 1 fully saturated rings. The number of nitrogens with two attached hydrogens (primary N) is 1. The Labute approximate surface area is 83.1 Å². The third-order valence-electron chi connectivity index (χ3n) is 3.69. The van der Waals surface area contributed by atoms with Crippen LogP contribution in [0.25, 0.3) is 0 Å². The van der Waals surface area contributed by atoms with Crippen LogP contribution in [-0.4, -0.2) is 6.04 Å². The molecule has 0 amide bonds. The van der Waals surface area contributed by atoms with Crippen molar-refractivity contribution in [1.82, 2.24) is 0 Å². The van der Waals surface area contributed by atoms with Gasteiger partial charge in [-0.2, -0.15) is 0 Å². The Bertz CT molecular complexity index is 143. The van der Waals surface area contributed by atoms with Gasteiger partial charge in [-0.25, -0.2) is 0 Å². The van der Waals surface area contributed by atoms with Crippen LogP contribution in [0.3, 0.4) is 0 Å². The van der Waals surface area contributed by atoms with Gasteiger partial charge in [-0.05, 0) is 43.4 Å². The van der Waals surface area contributed by atoms with Gasteiger partial charge in [0.2, 0.25) is 0 Å². The van der Waals surface area contributed by atoms with Crippen LogP contribution in [0.5, 0.6) is 0 Å². The predicted molar refractivity (Wildman–Crippen MR) is 58.6 cm³/mol. The highest BCUT2D eigenvalue weighted by atomic mass is 14.6. The van der Waals surface area contributed by atoms with E-state index < -0.39 is 0 Å². The molecule has 0 aromatic rings. The third kappa shape index (κ3) is 3.68. The molecule has 1 saturated carbocycles. The zero-order valence-electron chi connectivity index (χ0n) is 9.47. The normalized spacial score (nSPS) is 30.5. The molecule has 2 N–H and O–H groups in total. The molecule has 0 saturated heterocycles. The van der Waals surface area contributed by atoms with Gasteiger partial charge in [-0.15, -0.1) is 0 Å². The van der Waals surface area contributed by atoms with Gasteiger partial charge in [-0.3, -0.25) is 0 Å². The molecule has 0 heterocycles. The molecule has 1 heteroatoms. The second kappa shape index (κ2) is 4.45. The van der Waals surface area contributed by atoms with Crippen LogP contribution in [0.2, 0.25) is 0 Å². The average molecular weight is 183 g/mol. The minimum atomic E-state index is 0.501. The van der Waals surface area contributed by atoms with E-state index in [4.69, 9.17) is 5.73 Å². The van der Waals surface area contributed by atoms with Crippen molar-refractivity contribution in [2.24, 2.45) is 17.1 Å². The highest BCUT2D eigenvalue weighted by Gasteiger charge is 2.24. The highest BCUT2D eigenvalue weighted by molar-refractivity contribution is 4.79. The molecule has 13 heavy (non-hydrogen) atoms. The van der Waals surface area contributed by atoms with E-state index in [1.54, 1.807) is 0 Å². The maximum Gasteiger partial charge on any atom is 0.00390 e. The first-order valence-electron chi connectivity index (χ1n) is 5.79. The average Bonchev–Trinajstić information content (AvgIpc) is 2.09. The SMILES string of the molecule is CCC(C)(C)C[C@H]1CC[C@@H](N)CC1. The molecule has 78 valence electrons. The lowest BCUT2D eigenvalue weighted by Crippen LogP contribution is -2.28. The zero-order chi connectivity index (χ0) is 9.90. The van der Waals surface area contributed by atoms with Crippen LogP contribution in [0, 0.1) is 11.3 Å². The maximum absolute atomic E-state index is 5.89. The van der Waals surface area contributed by atoms with Crippen LogP contribution in [0.4, 0.5) is 0 Å². The van der Waals surface area contributed by atoms with E-state index in [1.807, 2.05) is 0 Å². The third-order valence-corrected chi connectivity index (χ3v) is 3.69. The fourth-order valence-electron chi connectivity index (χ4n) is 2.32. The largest absolute Gasteiger partial charge is 0.328 e. The van der Waals surface area contributed by atoms with Crippen molar-refractivity contribution in [2.75, 3.05) is 0 Å². The molecule has 1 nitrogen and oxygen atoms in total. The van der Waals surface area contributed by atoms with Crippen molar-refractivity contribution in [3.63, 3.8) is 0 Å². The van der Waals surface area contributed by atoms with Crippen molar-refractivity contribution in [3.05, 3.63) is 0 Å². The van der Waals surface area contributed by atoms with Crippen LogP contribution in [0.15, 0.2) is 0 Å². The summed E-state index contributed by atoms with van der Waals surface area (Å²) in [6, 6.07) is 0.501. The first-order valence-corrected chi connectivity index (χ1v) is 5.79. The summed E-state index contributed by atoms with van der Waals surface area (Å²) in [4.78, 5) is 0. The van der Waals surface area contributed by atoms with Crippen molar-refractivity contribution in [3.8, 4) is 0 Å². The van der Waals surface area contributed by atoms with Crippen molar-refractivity contribution in [1.29, 1.82) is 0 Å². The fourth-order valence-corrected chi connectivity index (χ4v) is 2.32. The Morgan fingerprint density at radius 3 is 2.15 bits per heavy atom. The van der Waals surface area contributed by atoms with E-state index in [1.165, 1.54) is 38.5 Å². The van der Waals surface area contributed by atoms with Gasteiger partial charge < -0.3 is 5.73 Å². The van der Waals surface area contributed by atoms with E-state index in [0.29, 0.717) is 11.5 Å². The van der Waals surface area contributed by atoms with Gasteiger partial charge in [0.15, 0.2) is 0 Å².